The molecule has 0 saturated carbocycles. The van der Waals surface area contributed by atoms with Gasteiger partial charge in [-0.15, -0.1) is 11.3 Å². The van der Waals surface area contributed by atoms with Gasteiger partial charge in [-0.2, -0.15) is 0 Å². The average Bonchev–Trinajstić information content (AvgIpc) is 3.17. The van der Waals surface area contributed by atoms with Gasteiger partial charge >= 0.3 is 0 Å². The van der Waals surface area contributed by atoms with Crippen LogP contribution in [0.4, 0.5) is 11.5 Å². The van der Waals surface area contributed by atoms with Crippen molar-refractivity contribution in [1.29, 1.82) is 0 Å². The molecule has 0 unspecified atom stereocenters. The second-order valence-corrected chi connectivity index (χ2v) is 7.75. The van der Waals surface area contributed by atoms with E-state index in [2.05, 4.69) is 25.6 Å². The molecular weight excluding hydrogens is 382 g/mol. The number of amides is 1. The lowest BCUT2D eigenvalue weighted by atomic mass is 9.97. The highest BCUT2D eigenvalue weighted by Gasteiger charge is 2.21. The molecule has 0 spiro atoms. The number of nitrogens with one attached hydrogen (secondary N) is 2. The van der Waals surface area contributed by atoms with E-state index in [-0.39, 0.29) is 17.9 Å². The maximum atomic E-state index is 12.4. The molecule has 2 N–H and O–H groups in total. The number of hydrogen-bond acceptors (Lipinski definition) is 6. The van der Waals surface area contributed by atoms with Crippen LogP contribution in [0.1, 0.15) is 40.9 Å². The Morgan fingerprint density at radius 2 is 2.00 bits per heavy atom. The van der Waals surface area contributed by atoms with Gasteiger partial charge in [-0.25, -0.2) is 9.97 Å². The summed E-state index contributed by atoms with van der Waals surface area (Å²) in [6.45, 7) is 5.99. The quantitative estimate of drug-likeness (QED) is 0.622. The van der Waals surface area contributed by atoms with Crippen LogP contribution in [0.15, 0.2) is 42.2 Å². The summed E-state index contributed by atoms with van der Waals surface area (Å²) in [4.78, 5) is 25.1. The van der Waals surface area contributed by atoms with Crippen molar-refractivity contribution in [2.75, 3.05) is 5.32 Å². The minimum Gasteiger partial charge on any atom is -0.343 e. The Labute approximate surface area is 167 Å². The molecule has 0 fully saturated rings. The number of halogens is 1. The third-order valence-electron chi connectivity index (χ3n) is 3.98. The van der Waals surface area contributed by atoms with Crippen molar-refractivity contribution in [3.8, 4) is 0 Å². The first-order valence-electron chi connectivity index (χ1n) is 8.49. The largest absolute Gasteiger partial charge is 0.343 e. The smallest absolute Gasteiger partial charge is 0.280 e. The SMILES string of the molecule is Cc1ccc(Nc2ncc([C@H](NC(=O)c3nccs3)C(C)C)cc2Cl)cn1. The number of carbonyl (C=O) groups is 1. The second kappa shape index (κ2) is 8.45. The van der Waals surface area contributed by atoms with Crippen molar-refractivity contribution < 1.29 is 4.79 Å². The zero-order chi connectivity index (χ0) is 19.4. The first-order valence-corrected chi connectivity index (χ1v) is 9.75. The number of nitrogens with zero attached hydrogens (tertiary/aromatic N) is 3. The van der Waals surface area contributed by atoms with Crippen LogP contribution < -0.4 is 10.6 Å². The minimum absolute atomic E-state index is 0.159. The Morgan fingerprint density at radius 3 is 2.59 bits per heavy atom. The molecule has 8 heteroatoms. The molecule has 3 aromatic rings. The molecule has 0 radical (unpaired) electrons. The number of pyridine rings is 2. The summed E-state index contributed by atoms with van der Waals surface area (Å²) in [5, 5.41) is 8.86. The molecule has 0 aliphatic carbocycles. The summed E-state index contributed by atoms with van der Waals surface area (Å²) < 4.78 is 0. The second-order valence-electron chi connectivity index (χ2n) is 6.44. The highest BCUT2D eigenvalue weighted by atomic mass is 35.5. The van der Waals surface area contributed by atoms with Gasteiger partial charge in [-0.1, -0.05) is 25.4 Å². The van der Waals surface area contributed by atoms with E-state index in [4.69, 9.17) is 11.6 Å². The van der Waals surface area contributed by atoms with E-state index < -0.39 is 0 Å². The summed E-state index contributed by atoms with van der Waals surface area (Å²) in [5.74, 6) is 0.500. The fourth-order valence-corrected chi connectivity index (χ4v) is 3.33. The summed E-state index contributed by atoms with van der Waals surface area (Å²) in [5.41, 5.74) is 2.58. The molecule has 0 aromatic carbocycles. The molecule has 0 saturated heterocycles. The van der Waals surface area contributed by atoms with Crippen LogP contribution in [0.5, 0.6) is 0 Å². The van der Waals surface area contributed by atoms with E-state index in [9.17, 15) is 4.79 Å². The maximum absolute atomic E-state index is 12.4. The summed E-state index contributed by atoms with van der Waals surface area (Å²) in [6.07, 6.45) is 5.07. The van der Waals surface area contributed by atoms with Crippen LogP contribution in [0.2, 0.25) is 5.02 Å². The van der Waals surface area contributed by atoms with Crippen molar-refractivity contribution in [2.45, 2.75) is 26.8 Å². The molecule has 1 atom stereocenters. The van der Waals surface area contributed by atoms with Crippen molar-refractivity contribution in [1.82, 2.24) is 20.3 Å². The van der Waals surface area contributed by atoms with Crippen LogP contribution in [0.25, 0.3) is 0 Å². The average molecular weight is 402 g/mol. The number of aryl methyl sites for hydroxylation is 1. The molecule has 3 rings (SSSR count). The van der Waals surface area contributed by atoms with Gasteiger partial charge in [0.1, 0.15) is 5.82 Å². The topological polar surface area (TPSA) is 79.8 Å². The number of anilines is 2. The number of carbonyl (C=O) groups excluding carboxylic acids is 1. The predicted octanol–water partition coefficient (Wildman–Crippen LogP) is 4.77. The molecule has 3 heterocycles. The van der Waals surface area contributed by atoms with Gasteiger partial charge in [0, 0.05) is 23.5 Å². The van der Waals surface area contributed by atoms with E-state index in [1.54, 1.807) is 24.0 Å². The van der Waals surface area contributed by atoms with Crippen LogP contribution in [0, 0.1) is 12.8 Å². The summed E-state index contributed by atoms with van der Waals surface area (Å²) in [6, 6.07) is 5.43. The maximum Gasteiger partial charge on any atom is 0.280 e. The Bertz CT molecular complexity index is 912. The number of aromatic nitrogens is 3. The normalized spacial score (nSPS) is 12.0. The van der Waals surface area contributed by atoms with E-state index in [1.807, 2.05) is 39.0 Å². The van der Waals surface area contributed by atoms with Crippen LogP contribution in [0.3, 0.4) is 0 Å². The molecular formula is C19H20ClN5OS. The van der Waals surface area contributed by atoms with Gasteiger partial charge in [-0.05, 0) is 36.6 Å². The summed E-state index contributed by atoms with van der Waals surface area (Å²) >= 11 is 7.73. The fourth-order valence-electron chi connectivity index (χ4n) is 2.57. The van der Waals surface area contributed by atoms with Crippen LogP contribution in [-0.4, -0.2) is 20.9 Å². The lowest BCUT2D eigenvalue weighted by molar-refractivity contribution is 0.0925. The first kappa shape index (κ1) is 19.3. The zero-order valence-electron chi connectivity index (χ0n) is 15.2. The number of rotatable bonds is 6. The Hall–Kier alpha value is -2.51. The van der Waals surface area contributed by atoms with Crippen molar-refractivity contribution in [3.05, 3.63) is 63.5 Å². The number of hydrogen-bond donors (Lipinski definition) is 2. The Balaban J connectivity index is 1.79. The molecule has 6 nitrogen and oxygen atoms in total. The van der Waals surface area contributed by atoms with Gasteiger partial charge < -0.3 is 10.6 Å². The van der Waals surface area contributed by atoms with E-state index in [0.29, 0.717) is 15.8 Å². The highest BCUT2D eigenvalue weighted by molar-refractivity contribution is 7.11. The highest BCUT2D eigenvalue weighted by Crippen LogP contribution is 2.29. The van der Waals surface area contributed by atoms with E-state index >= 15 is 0 Å². The van der Waals surface area contributed by atoms with Crippen molar-refractivity contribution >= 4 is 40.4 Å². The minimum atomic E-state index is -0.221. The monoisotopic (exact) mass is 401 g/mol. The lowest BCUT2D eigenvalue weighted by Crippen LogP contribution is -2.31. The van der Waals surface area contributed by atoms with Gasteiger partial charge in [0.05, 0.1) is 22.9 Å². The molecule has 0 bridgehead atoms. The van der Waals surface area contributed by atoms with Crippen molar-refractivity contribution in [3.63, 3.8) is 0 Å². The number of thiazole rings is 1. The Morgan fingerprint density at radius 1 is 1.19 bits per heavy atom. The molecule has 27 heavy (non-hydrogen) atoms. The fraction of sp³-hybridized carbons (Fsp3) is 0.263. The first-order chi connectivity index (χ1) is 12.9. The molecule has 1 amide bonds. The van der Waals surface area contributed by atoms with Crippen molar-refractivity contribution in [2.24, 2.45) is 5.92 Å². The Kier molecular flexibility index (Phi) is 6.03. The molecule has 0 aliphatic rings. The molecule has 0 aliphatic heterocycles. The lowest BCUT2D eigenvalue weighted by Gasteiger charge is -2.22. The molecule has 3 aromatic heterocycles. The zero-order valence-corrected chi connectivity index (χ0v) is 16.8. The standard InChI is InChI=1S/C19H20ClN5OS/c1-11(2)16(25-18(26)19-21-6-7-27-19)13-8-15(20)17(23-9-13)24-14-5-4-12(3)22-10-14/h4-11,16H,1-3H3,(H,23,24)(H,25,26)/t16-/m1/s1. The van der Waals surface area contributed by atoms with E-state index in [1.165, 1.54) is 11.3 Å². The predicted molar refractivity (Wildman–Crippen MR) is 109 cm³/mol. The van der Waals surface area contributed by atoms with E-state index in [0.717, 1.165) is 16.9 Å². The van der Waals surface area contributed by atoms with Crippen LogP contribution in [-0.2, 0) is 0 Å². The van der Waals surface area contributed by atoms with Gasteiger partial charge in [0.15, 0.2) is 5.01 Å². The molecule has 140 valence electrons. The summed E-state index contributed by atoms with van der Waals surface area (Å²) in [7, 11) is 0. The van der Waals surface area contributed by atoms with Gasteiger partial charge in [-0.3, -0.25) is 9.78 Å². The third-order valence-corrected chi connectivity index (χ3v) is 5.04. The van der Waals surface area contributed by atoms with Gasteiger partial charge in [0.25, 0.3) is 5.91 Å². The van der Waals surface area contributed by atoms with Crippen LogP contribution >= 0.6 is 22.9 Å². The van der Waals surface area contributed by atoms with Gasteiger partial charge in [0.2, 0.25) is 0 Å². The third kappa shape index (κ3) is 4.81.